The van der Waals surface area contributed by atoms with Gasteiger partial charge in [-0.2, -0.15) is 0 Å². The molecule has 0 unspecified atom stereocenters. The number of fused-ring (bicyclic) bond motifs is 1. The standard InChI is InChI=1S/C18H16BrNO3/c1-22-16-5-3-2-4-12(16)10-20-18(21)14-8-13-9-15(19)6-7-17(13)23-11-14/h2-9H,10-11H2,1H3,(H,20,21). The lowest BCUT2D eigenvalue weighted by Gasteiger charge is -2.18. The highest BCUT2D eigenvalue weighted by atomic mass is 79.9. The lowest BCUT2D eigenvalue weighted by Crippen LogP contribution is -2.28. The van der Waals surface area contributed by atoms with Gasteiger partial charge in [0.15, 0.2) is 0 Å². The van der Waals surface area contributed by atoms with E-state index in [1.165, 1.54) is 0 Å². The van der Waals surface area contributed by atoms with Gasteiger partial charge in [-0.05, 0) is 30.3 Å². The maximum absolute atomic E-state index is 12.4. The van der Waals surface area contributed by atoms with Crippen LogP contribution in [0.3, 0.4) is 0 Å². The van der Waals surface area contributed by atoms with Gasteiger partial charge in [0.1, 0.15) is 18.1 Å². The summed E-state index contributed by atoms with van der Waals surface area (Å²) in [6, 6.07) is 13.4. The minimum Gasteiger partial charge on any atom is -0.496 e. The van der Waals surface area contributed by atoms with E-state index in [-0.39, 0.29) is 12.5 Å². The number of ether oxygens (including phenoxy) is 2. The van der Waals surface area contributed by atoms with E-state index in [0.29, 0.717) is 12.1 Å². The number of rotatable bonds is 4. The number of amides is 1. The van der Waals surface area contributed by atoms with Crippen LogP contribution in [0.5, 0.6) is 11.5 Å². The number of carbonyl (C=O) groups is 1. The molecule has 1 aliphatic heterocycles. The van der Waals surface area contributed by atoms with Crippen LogP contribution < -0.4 is 14.8 Å². The summed E-state index contributed by atoms with van der Waals surface area (Å²) in [5.41, 5.74) is 2.43. The molecule has 1 aliphatic rings. The van der Waals surface area contributed by atoms with E-state index in [1.54, 1.807) is 7.11 Å². The molecule has 0 spiro atoms. The van der Waals surface area contributed by atoms with Gasteiger partial charge in [0.05, 0.1) is 12.7 Å². The van der Waals surface area contributed by atoms with Gasteiger partial charge in [-0.1, -0.05) is 34.1 Å². The summed E-state index contributed by atoms with van der Waals surface area (Å²) >= 11 is 3.43. The zero-order valence-corrected chi connectivity index (χ0v) is 14.2. The maximum Gasteiger partial charge on any atom is 0.250 e. The largest absolute Gasteiger partial charge is 0.496 e. The Morgan fingerprint density at radius 2 is 2.13 bits per heavy atom. The molecule has 1 heterocycles. The number of nitrogens with one attached hydrogen (secondary N) is 1. The van der Waals surface area contributed by atoms with Crippen LogP contribution in [0.25, 0.3) is 6.08 Å². The fraction of sp³-hybridized carbons (Fsp3) is 0.167. The molecule has 4 nitrogen and oxygen atoms in total. The van der Waals surface area contributed by atoms with Crippen LogP contribution in [-0.4, -0.2) is 19.6 Å². The second kappa shape index (κ2) is 6.87. The topological polar surface area (TPSA) is 47.6 Å². The molecule has 1 N–H and O–H groups in total. The van der Waals surface area contributed by atoms with Crippen molar-refractivity contribution in [3.05, 3.63) is 63.6 Å². The Morgan fingerprint density at radius 1 is 1.30 bits per heavy atom. The molecule has 0 radical (unpaired) electrons. The summed E-state index contributed by atoms with van der Waals surface area (Å²) in [5.74, 6) is 1.41. The molecule has 0 aliphatic carbocycles. The number of hydrogen-bond acceptors (Lipinski definition) is 3. The number of hydrogen-bond donors (Lipinski definition) is 1. The Bertz CT molecular complexity index is 771. The zero-order chi connectivity index (χ0) is 16.2. The highest BCUT2D eigenvalue weighted by Crippen LogP contribution is 2.29. The van der Waals surface area contributed by atoms with Crippen molar-refractivity contribution in [3.8, 4) is 11.5 Å². The molecule has 2 aromatic carbocycles. The third-order valence-electron chi connectivity index (χ3n) is 3.61. The van der Waals surface area contributed by atoms with Crippen molar-refractivity contribution in [3.63, 3.8) is 0 Å². The molecule has 118 valence electrons. The molecule has 3 rings (SSSR count). The lowest BCUT2D eigenvalue weighted by atomic mass is 10.1. The van der Waals surface area contributed by atoms with Gasteiger partial charge >= 0.3 is 0 Å². The Hall–Kier alpha value is -2.27. The second-order valence-corrected chi connectivity index (χ2v) is 6.05. The molecular formula is C18H16BrNO3. The fourth-order valence-corrected chi connectivity index (χ4v) is 2.80. The first-order valence-corrected chi connectivity index (χ1v) is 7.99. The molecule has 2 aromatic rings. The van der Waals surface area contributed by atoms with Crippen LogP contribution in [0, 0.1) is 0 Å². The van der Waals surface area contributed by atoms with Gasteiger partial charge in [0.2, 0.25) is 0 Å². The first kappa shape index (κ1) is 15.6. The van der Waals surface area contributed by atoms with Crippen molar-refractivity contribution < 1.29 is 14.3 Å². The lowest BCUT2D eigenvalue weighted by molar-refractivity contribution is -0.117. The number of para-hydroxylation sites is 1. The van der Waals surface area contributed by atoms with E-state index < -0.39 is 0 Å². The third-order valence-corrected chi connectivity index (χ3v) is 4.10. The van der Waals surface area contributed by atoms with Gasteiger partial charge < -0.3 is 14.8 Å². The SMILES string of the molecule is COc1ccccc1CNC(=O)C1=Cc2cc(Br)ccc2OC1. The predicted molar refractivity (Wildman–Crippen MR) is 92.5 cm³/mol. The Kier molecular flexibility index (Phi) is 4.67. The molecule has 1 amide bonds. The zero-order valence-electron chi connectivity index (χ0n) is 12.6. The van der Waals surface area contributed by atoms with E-state index in [9.17, 15) is 4.79 Å². The van der Waals surface area contributed by atoms with Crippen molar-refractivity contribution in [2.75, 3.05) is 13.7 Å². The van der Waals surface area contributed by atoms with Crippen LogP contribution in [0.2, 0.25) is 0 Å². The van der Waals surface area contributed by atoms with Crippen LogP contribution >= 0.6 is 15.9 Å². The van der Waals surface area contributed by atoms with E-state index in [4.69, 9.17) is 9.47 Å². The van der Waals surface area contributed by atoms with Crippen molar-refractivity contribution in [1.82, 2.24) is 5.32 Å². The summed E-state index contributed by atoms with van der Waals surface area (Å²) in [4.78, 5) is 12.4. The van der Waals surface area contributed by atoms with Crippen molar-refractivity contribution in [2.45, 2.75) is 6.54 Å². The normalized spacial score (nSPS) is 12.7. The molecule has 23 heavy (non-hydrogen) atoms. The minimum absolute atomic E-state index is 0.137. The number of benzene rings is 2. The third kappa shape index (κ3) is 3.56. The van der Waals surface area contributed by atoms with Crippen molar-refractivity contribution in [1.29, 1.82) is 0 Å². The summed E-state index contributed by atoms with van der Waals surface area (Å²) in [5, 5.41) is 2.91. The van der Waals surface area contributed by atoms with Crippen LogP contribution in [-0.2, 0) is 11.3 Å². The molecule has 0 aromatic heterocycles. The average Bonchev–Trinajstić information content (AvgIpc) is 2.59. The molecule has 0 saturated heterocycles. The van der Waals surface area contributed by atoms with Crippen LogP contribution in [0.15, 0.2) is 52.5 Å². The smallest absolute Gasteiger partial charge is 0.250 e. The quantitative estimate of drug-likeness (QED) is 0.891. The van der Waals surface area contributed by atoms with Gasteiger partial charge in [0, 0.05) is 22.1 Å². The van der Waals surface area contributed by atoms with E-state index in [2.05, 4.69) is 21.2 Å². The number of methoxy groups -OCH3 is 1. The second-order valence-electron chi connectivity index (χ2n) is 5.13. The Balaban J connectivity index is 1.72. The highest BCUT2D eigenvalue weighted by molar-refractivity contribution is 9.10. The molecule has 0 saturated carbocycles. The Morgan fingerprint density at radius 3 is 2.96 bits per heavy atom. The van der Waals surface area contributed by atoms with Gasteiger partial charge in [-0.25, -0.2) is 0 Å². The minimum atomic E-state index is -0.137. The van der Waals surface area contributed by atoms with E-state index in [0.717, 1.165) is 27.1 Å². The van der Waals surface area contributed by atoms with E-state index in [1.807, 2.05) is 48.5 Å². The molecule has 5 heteroatoms. The summed E-state index contributed by atoms with van der Waals surface area (Å²) in [7, 11) is 1.62. The average molecular weight is 374 g/mol. The van der Waals surface area contributed by atoms with Crippen LogP contribution in [0.1, 0.15) is 11.1 Å². The first-order valence-electron chi connectivity index (χ1n) is 7.20. The predicted octanol–water partition coefficient (Wildman–Crippen LogP) is 3.55. The van der Waals surface area contributed by atoms with Crippen molar-refractivity contribution in [2.24, 2.45) is 0 Å². The van der Waals surface area contributed by atoms with E-state index >= 15 is 0 Å². The van der Waals surface area contributed by atoms with Gasteiger partial charge in [-0.3, -0.25) is 4.79 Å². The van der Waals surface area contributed by atoms with Gasteiger partial charge in [0.25, 0.3) is 5.91 Å². The Labute approximate surface area is 143 Å². The summed E-state index contributed by atoms with van der Waals surface area (Å²) < 4.78 is 11.9. The monoisotopic (exact) mass is 373 g/mol. The number of halogens is 1. The first-order chi connectivity index (χ1) is 11.2. The fourth-order valence-electron chi connectivity index (χ4n) is 2.42. The van der Waals surface area contributed by atoms with Crippen molar-refractivity contribution >= 4 is 27.9 Å². The summed E-state index contributed by atoms with van der Waals surface area (Å²) in [6.45, 7) is 0.678. The van der Waals surface area contributed by atoms with Gasteiger partial charge in [-0.15, -0.1) is 0 Å². The highest BCUT2D eigenvalue weighted by Gasteiger charge is 2.17. The molecular weight excluding hydrogens is 358 g/mol. The molecule has 0 atom stereocenters. The number of carbonyl (C=O) groups excluding carboxylic acids is 1. The van der Waals surface area contributed by atoms with Crippen LogP contribution in [0.4, 0.5) is 0 Å². The summed E-state index contributed by atoms with van der Waals surface area (Å²) in [6.07, 6.45) is 1.86. The maximum atomic E-state index is 12.4. The molecule has 0 bridgehead atoms. The molecule has 0 fully saturated rings.